The van der Waals surface area contributed by atoms with Gasteiger partial charge in [-0.05, 0) is 92.1 Å². The van der Waals surface area contributed by atoms with Crippen LogP contribution >= 0.6 is 0 Å². The van der Waals surface area contributed by atoms with Gasteiger partial charge >= 0.3 is 0 Å². The molecule has 16 rings (SSSR count). The lowest BCUT2D eigenvalue weighted by molar-refractivity contribution is -0.129. The second kappa shape index (κ2) is 27.9. The molecule has 32 heteroatoms. The molecule has 16 aromatic rings. The van der Waals surface area contributed by atoms with Crippen molar-refractivity contribution in [2.75, 3.05) is 56.1 Å². The maximum absolute atomic E-state index is 11.9. The SMILES string of the molecule is CC(=O)CC(C)Cn1cc2c(N)nc3cc(-c4ccn[nH]4)ccc3c2n1.CN(C)C(=O)Cn1cc2c(N)nc3cc(-c4ccn[nH]4)ccc3c2n1.CNC(=O)Cn1cc2c(N)nc3cc(-c4ccn[nH]4)ccc3c2n1.CS(=O)(=O)CCCn1cc2c(N)nc3cc(-c4ccn[nH]4)ccc3c2n1. The molecule has 101 heavy (non-hydrogen) atoms. The lowest BCUT2D eigenvalue weighted by Gasteiger charge is -2.09. The summed E-state index contributed by atoms with van der Waals surface area (Å²) >= 11 is 0. The number of carbonyl (C=O) groups excluding carboxylic acids is 3. The van der Waals surface area contributed by atoms with E-state index in [9.17, 15) is 22.8 Å². The molecule has 2 amide bonds. The number of anilines is 4. The normalized spacial score (nSPS) is 11.9. The van der Waals surface area contributed by atoms with Gasteiger partial charge in [-0.25, -0.2) is 28.4 Å². The highest BCUT2D eigenvalue weighted by Gasteiger charge is 2.19. The molecule has 0 bridgehead atoms. The van der Waals surface area contributed by atoms with Crippen molar-refractivity contribution in [2.24, 2.45) is 5.92 Å². The Kier molecular flexibility index (Phi) is 18.4. The highest BCUT2D eigenvalue weighted by atomic mass is 32.2. The topological polar surface area (TPSA) is 442 Å². The summed E-state index contributed by atoms with van der Waals surface area (Å²) in [5.41, 5.74) is 38.2. The van der Waals surface area contributed by atoms with Crippen LogP contribution in [0.4, 0.5) is 23.3 Å². The third-order valence-electron chi connectivity index (χ3n) is 16.8. The molecule has 512 valence electrons. The minimum absolute atomic E-state index is 0.0369. The van der Waals surface area contributed by atoms with Crippen molar-refractivity contribution in [3.8, 4) is 45.0 Å². The Morgan fingerprint density at radius 1 is 0.495 bits per heavy atom. The monoisotopic (exact) mass is 1370 g/mol. The number of nitrogen functional groups attached to an aromatic ring is 4. The van der Waals surface area contributed by atoms with Crippen LogP contribution in [0.3, 0.4) is 0 Å². The number of amides is 2. The summed E-state index contributed by atoms with van der Waals surface area (Å²) in [5, 5.41) is 55.3. The molecule has 0 aliphatic heterocycles. The summed E-state index contributed by atoms with van der Waals surface area (Å²) in [6.45, 7) is 5.14. The fraction of sp³-hybridized carbons (Fsp3) is 0.203. The molecule has 0 aliphatic rings. The minimum Gasteiger partial charge on any atom is -0.383 e. The van der Waals surface area contributed by atoms with Crippen LogP contribution in [0.2, 0.25) is 0 Å². The molecule has 0 aliphatic carbocycles. The Balaban J connectivity index is 0.000000120. The molecule has 4 aromatic carbocycles. The molecule has 12 heterocycles. The van der Waals surface area contributed by atoms with Crippen LogP contribution in [0.5, 0.6) is 0 Å². The first-order valence-electron chi connectivity index (χ1n) is 31.9. The zero-order valence-electron chi connectivity index (χ0n) is 55.7. The van der Waals surface area contributed by atoms with E-state index in [0.717, 1.165) is 132 Å². The molecule has 0 saturated heterocycles. The van der Waals surface area contributed by atoms with Gasteiger partial charge in [0, 0.05) is 140 Å². The van der Waals surface area contributed by atoms with E-state index in [2.05, 4.69) is 81.3 Å². The van der Waals surface area contributed by atoms with Crippen LogP contribution in [-0.2, 0) is 50.4 Å². The molecule has 12 aromatic heterocycles. The molecular formula is C69H70N26O5S. The summed E-state index contributed by atoms with van der Waals surface area (Å²) in [5.74, 6) is 2.02. The van der Waals surface area contributed by atoms with Crippen molar-refractivity contribution in [3.63, 3.8) is 0 Å². The molecule has 0 saturated carbocycles. The van der Waals surface area contributed by atoms with E-state index >= 15 is 0 Å². The molecule has 0 radical (unpaired) electrons. The summed E-state index contributed by atoms with van der Waals surface area (Å²) in [6, 6.07) is 31.3. The zero-order chi connectivity index (χ0) is 70.8. The van der Waals surface area contributed by atoms with Gasteiger partial charge in [-0.2, -0.15) is 40.8 Å². The molecule has 1 atom stereocenters. The predicted octanol–water partition coefficient (Wildman–Crippen LogP) is 8.11. The van der Waals surface area contributed by atoms with Crippen molar-refractivity contribution in [2.45, 2.75) is 52.9 Å². The van der Waals surface area contributed by atoms with Crippen LogP contribution in [-0.4, -0.2) is 164 Å². The molecule has 1 unspecified atom stereocenters. The first-order chi connectivity index (χ1) is 48.6. The lowest BCUT2D eigenvalue weighted by atomic mass is 10.1. The van der Waals surface area contributed by atoms with Gasteiger partial charge in [0.2, 0.25) is 11.8 Å². The van der Waals surface area contributed by atoms with E-state index in [1.807, 2.05) is 121 Å². The Labute approximate surface area is 574 Å². The average molecular weight is 1380 g/mol. The van der Waals surface area contributed by atoms with E-state index in [-0.39, 0.29) is 42.4 Å². The number of likely N-dealkylation sites (N-methyl/N-ethyl adjacent to an activating group) is 2. The van der Waals surface area contributed by atoms with Gasteiger partial charge in [0.15, 0.2) is 0 Å². The molecule has 31 nitrogen and oxygen atoms in total. The second-order valence-corrected chi connectivity index (χ2v) is 27.0. The van der Waals surface area contributed by atoms with Crippen LogP contribution in [0.1, 0.15) is 26.7 Å². The van der Waals surface area contributed by atoms with Gasteiger partial charge in [0.1, 0.15) is 74.0 Å². The fourth-order valence-corrected chi connectivity index (χ4v) is 12.5. The van der Waals surface area contributed by atoms with Gasteiger partial charge in [0.25, 0.3) is 0 Å². The standard InChI is InChI=1S/C19H20N6O.C17H17N7O.C17H18N6O2S.C16H15N7O/c1-11(7-12(2)26)9-25-10-15-18(24-25)14-4-3-13(16-5-6-21-23-16)8-17(14)22-19(15)20;1-23(2)15(25)9-24-8-12-16(22-24)11-4-3-10(13-5-6-19-21-13)7-14(11)20-17(12)18;1-26(24,25)8-2-7-23-10-13-16(22-23)12-4-3-11(14-5-6-19-21-14)9-15(12)20-17(13)18;1-18-14(24)8-23-7-11-15(22-23)10-3-2-9(12-4-5-19-21-12)6-13(10)20-16(11)17/h3-6,8,10-11H,7,9H2,1-2H3,(H2,20,22)(H,21,23);3-8H,9H2,1-2H3,(H2,18,20)(H,19,21);3-6,9-10H,2,7-8H2,1H3,(H2,18,20)(H,19,21);2-7H,8H2,1H3,(H2,17,20)(H,18,24)(H,19,21). The number of H-pyrrole nitrogens is 4. The van der Waals surface area contributed by atoms with Crippen molar-refractivity contribution < 1.29 is 22.8 Å². The van der Waals surface area contributed by atoms with E-state index in [1.165, 1.54) is 11.2 Å². The number of hydrogen-bond acceptors (Lipinski definition) is 21. The van der Waals surface area contributed by atoms with Crippen LogP contribution in [0.25, 0.3) is 132 Å². The fourth-order valence-electron chi connectivity index (χ4n) is 11.9. The summed E-state index contributed by atoms with van der Waals surface area (Å²) < 4.78 is 29.3. The number of carbonyl (C=O) groups is 3. The van der Waals surface area contributed by atoms with Crippen molar-refractivity contribution in [1.29, 1.82) is 0 Å². The van der Waals surface area contributed by atoms with Crippen molar-refractivity contribution >= 4 is 138 Å². The number of nitrogens with zero attached hydrogens (tertiary/aromatic N) is 17. The highest BCUT2D eigenvalue weighted by molar-refractivity contribution is 7.90. The van der Waals surface area contributed by atoms with Gasteiger partial charge in [0.05, 0.1) is 72.1 Å². The Morgan fingerprint density at radius 3 is 1.16 bits per heavy atom. The first kappa shape index (κ1) is 66.6. The number of aromatic amines is 4. The van der Waals surface area contributed by atoms with Gasteiger partial charge < -0.3 is 37.9 Å². The number of ketones is 1. The number of pyridine rings is 4. The number of fused-ring (bicyclic) bond motifs is 12. The number of hydrogen-bond donors (Lipinski definition) is 9. The van der Waals surface area contributed by atoms with E-state index < -0.39 is 9.84 Å². The van der Waals surface area contributed by atoms with E-state index in [0.29, 0.717) is 49.2 Å². The Morgan fingerprint density at radius 2 is 0.832 bits per heavy atom. The summed E-state index contributed by atoms with van der Waals surface area (Å²) in [7, 11) is 2.04. The van der Waals surface area contributed by atoms with Crippen LogP contribution in [0, 0.1) is 5.92 Å². The Hall–Kier alpha value is -13.0. The number of aromatic nitrogens is 20. The number of aryl methyl sites for hydroxylation is 1. The van der Waals surface area contributed by atoms with Crippen LogP contribution < -0.4 is 28.3 Å². The maximum Gasteiger partial charge on any atom is 0.243 e. The predicted molar refractivity (Wildman–Crippen MR) is 390 cm³/mol. The smallest absolute Gasteiger partial charge is 0.243 e. The minimum atomic E-state index is -2.98. The highest BCUT2D eigenvalue weighted by Crippen LogP contribution is 2.35. The van der Waals surface area contributed by atoms with Crippen molar-refractivity contribution in [3.05, 3.63) is 147 Å². The quantitative estimate of drug-likeness (QED) is 0.0441. The molecular weight excluding hydrogens is 1310 g/mol. The number of Topliss-reactive ketones (excluding diaryl/α,β-unsaturated/α-hetero) is 1. The number of nitrogens with two attached hydrogens (primary N) is 4. The lowest BCUT2D eigenvalue weighted by Crippen LogP contribution is -2.26. The van der Waals surface area contributed by atoms with Crippen molar-refractivity contribution in [1.82, 2.24) is 110 Å². The second-order valence-electron chi connectivity index (χ2n) is 24.7. The van der Waals surface area contributed by atoms with Crippen LogP contribution in [0.15, 0.2) is 147 Å². The Bertz CT molecular complexity index is 5860. The third-order valence-corrected chi connectivity index (χ3v) is 17.8. The molecule has 0 fully saturated rings. The molecule has 13 N–H and O–H groups in total. The number of rotatable bonds is 16. The summed E-state index contributed by atoms with van der Waals surface area (Å²) in [4.78, 5) is 54.3. The van der Waals surface area contributed by atoms with E-state index in [4.69, 9.17) is 28.0 Å². The number of nitrogens with one attached hydrogen (secondary N) is 5. The number of sulfone groups is 1. The van der Waals surface area contributed by atoms with Gasteiger partial charge in [-0.3, -0.25) is 48.7 Å². The first-order valence-corrected chi connectivity index (χ1v) is 34.0. The summed E-state index contributed by atoms with van der Waals surface area (Å²) in [6.07, 6.45) is 16.3. The maximum atomic E-state index is 11.9. The van der Waals surface area contributed by atoms with E-state index in [1.54, 1.807) is 79.3 Å². The number of benzene rings is 4. The largest absolute Gasteiger partial charge is 0.383 e. The zero-order valence-corrected chi connectivity index (χ0v) is 56.6. The third kappa shape index (κ3) is 14.5. The molecule has 0 spiro atoms. The van der Waals surface area contributed by atoms with Gasteiger partial charge in [-0.1, -0.05) is 31.2 Å². The average Bonchev–Trinajstić information content (AvgIpc) is 1.72. The van der Waals surface area contributed by atoms with Gasteiger partial charge in [-0.15, -0.1) is 0 Å².